The molecule has 0 heterocycles. The summed E-state index contributed by atoms with van der Waals surface area (Å²) in [6, 6.07) is 9.42. The second-order valence-electron chi connectivity index (χ2n) is 4.28. The normalized spacial score (nSPS) is 10.2. The largest absolute Gasteiger partial charge is 0.493 e. The van der Waals surface area contributed by atoms with Gasteiger partial charge in [-0.1, -0.05) is 23.7 Å². The molecule has 0 spiro atoms. The van der Waals surface area contributed by atoms with Crippen LogP contribution in [0.2, 0.25) is 5.02 Å². The third-order valence-electron chi connectivity index (χ3n) is 2.89. The van der Waals surface area contributed by atoms with Crippen molar-refractivity contribution in [2.45, 2.75) is 6.61 Å². The molecule has 0 aliphatic rings. The zero-order valence-electron chi connectivity index (χ0n) is 11.3. The van der Waals surface area contributed by atoms with Crippen LogP contribution in [0.5, 0.6) is 11.5 Å². The number of nitrogens with one attached hydrogen (secondary N) is 1. The number of methoxy groups -OCH3 is 1. The highest BCUT2D eigenvalue weighted by atomic mass is 35.5. The third kappa shape index (κ3) is 3.44. The Balaban J connectivity index is 2.20. The second-order valence-corrected chi connectivity index (χ2v) is 4.66. The molecule has 0 aromatic heterocycles. The molecule has 0 fully saturated rings. The van der Waals surface area contributed by atoms with Crippen molar-refractivity contribution < 1.29 is 13.9 Å². The number of hydrogen-bond donors (Lipinski definition) is 2. The van der Waals surface area contributed by atoms with Gasteiger partial charge in [0.25, 0.3) is 0 Å². The number of ether oxygens (including phenoxy) is 2. The van der Waals surface area contributed by atoms with Crippen LogP contribution in [-0.2, 0) is 6.61 Å². The van der Waals surface area contributed by atoms with Gasteiger partial charge in [0.15, 0.2) is 11.5 Å². The molecule has 0 radical (unpaired) electrons. The molecule has 3 N–H and O–H groups in total. The maximum atomic E-state index is 13.3. The molecule has 0 amide bonds. The van der Waals surface area contributed by atoms with Crippen molar-refractivity contribution in [2.75, 3.05) is 7.11 Å². The molecular weight excluding hydrogens is 295 g/mol. The Hall–Kier alpha value is -2.27. The molecule has 0 unspecified atom stereocenters. The molecule has 2 aromatic rings. The van der Waals surface area contributed by atoms with Gasteiger partial charge in [-0.2, -0.15) is 0 Å². The van der Waals surface area contributed by atoms with E-state index in [1.807, 2.05) is 0 Å². The summed E-state index contributed by atoms with van der Waals surface area (Å²) < 4.78 is 24.1. The van der Waals surface area contributed by atoms with Crippen molar-refractivity contribution in [3.8, 4) is 11.5 Å². The number of benzene rings is 2. The first kappa shape index (κ1) is 15.1. The van der Waals surface area contributed by atoms with Crippen LogP contribution in [-0.4, -0.2) is 12.9 Å². The fourth-order valence-corrected chi connectivity index (χ4v) is 1.95. The van der Waals surface area contributed by atoms with E-state index in [0.29, 0.717) is 22.6 Å². The van der Waals surface area contributed by atoms with E-state index in [1.54, 1.807) is 30.3 Å². The molecule has 2 rings (SSSR count). The first-order chi connectivity index (χ1) is 10.0. The average molecular weight is 309 g/mol. The SMILES string of the molecule is COc1cc(C(=N)N)ccc1OCc1cccc(F)c1Cl. The Kier molecular flexibility index (Phi) is 4.65. The van der Waals surface area contributed by atoms with Gasteiger partial charge in [-0.05, 0) is 24.3 Å². The first-order valence-electron chi connectivity index (χ1n) is 6.11. The lowest BCUT2D eigenvalue weighted by atomic mass is 10.2. The average Bonchev–Trinajstić information content (AvgIpc) is 2.48. The van der Waals surface area contributed by atoms with Crippen molar-refractivity contribution >= 4 is 17.4 Å². The van der Waals surface area contributed by atoms with Gasteiger partial charge in [-0.25, -0.2) is 4.39 Å². The Morgan fingerprint density at radius 1 is 1.29 bits per heavy atom. The highest BCUT2D eigenvalue weighted by Gasteiger charge is 2.10. The maximum absolute atomic E-state index is 13.3. The minimum atomic E-state index is -0.489. The molecule has 0 saturated heterocycles. The van der Waals surface area contributed by atoms with E-state index in [2.05, 4.69) is 0 Å². The molecule has 21 heavy (non-hydrogen) atoms. The van der Waals surface area contributed by atoms with E-state index in [-0.39, 0.29) is 17.5 Å². The molecular formula is C15H14ClFN2O2. The Morgan fingerprint density at radius 3 is 2.71 bits per heavy atom. The maximum Gasteiger partial charge on any atom is 0.161 e. The zero-order valence-corrected chi connectivity index (χ0v) is 12.1. The summed E-state index contributed by atoms with van der Waals surface area (Å²) in [7, 11) is 1.49. The minimum absolute atomic E-state index is 0.0387. The van der Waals surface area contributed by atoms with Gasteiger partial charge < -0.3 is 15.2 Å². The van der Waals surface area contributed by atoms with E-state index in [1.165, 1.54) is 13.2 Å². The number of nitrogen functional groups attached to an aromatic ring is 1. The smallest absolute Gasteiger partial charge is 0.161 e. The van der Waals surface area contributed by atoms with Crippen LogP contribution in [0.3, 0.4) is 0 Å². The summed E-state index contributed by atoms with van der Waals surface area (Å²) in [4.78, 5) is 0. The quantitative estimate of drug-likeness (QED) is 0.657. The van der Waals surface area contributed by atoms with Crippen molar-refractivity contribution in [3.05, 3.63) is 58.4 Å². The lowest BCUT2D eigenvalue weighted by molar-refractivity contribution is 0.284. The molecule has 2 aromatic carbocycles. The summed E-state index contributed by atoms with van der Waals surface area (Å²) in [5, 5.41) is 7.43. The fourth-order valence-electron chi connectivity index (χ4n) is 1.77. The summed E-state index contributed by atoms with van der Waals surface area (Å²) in [6.45, 7) is 0.104. The van der Waals surface area contributed by atoms with Crippen LogP contribution in [0.1, 0.15) is 11.1 Å². The number of nitrogens with two attached hydrogens (primary N) is 1. The summed E-state index contributed by atoms with van der Waals surface area (Å²) in [5.41, 5.74) is 6.48. The Labute approximate surface area is 126 Å². The highest BCUT2D eigenvalue weighted by Crippen LogP contribution is 2.29. The summed E-state index contributed by atoms with van der Waals surface area (Å²) >= 11 is 5.87. The monoisotopic (exact) mass is 308 g/mol. The van der Waals surface area contributed by atoms with Gasteiger partial charge in [0.05, 0.1) is 12.1 Å². The molecule has 0 saturated carbocycles. The van der Waals surface area contributed by atoms with Crippen LogP contribution in [0.25, 0.3) is 0 Å². The number of halogens is 2. The second kappa shape index (κ2) is 6.45. The van der Waals surface area contributed by atoms with E-state index in [4.69, 9.17) is 32.2 Å². The van der Waals surface area contributed by atoms with E-state index in [0.717, 1.165) is 0 Å². The van der Waals surface area contributed by atoms with Crippen molar-refractivity contribution in [3.63, 3.8) is 0 Å². The molecule has 0 atom stereocenters. The van der Waals surface area contributed by atoms with Crippen LogP contribution in [0.4, 0.5) is 4.39 Å². The minimum Gasteiger partial charge on any atom is -0.493 e. The highest BCUT2D eigenvalue weighted by molar-refractivity contribution is 6.31. The van der Waals surface area contributed by atoms with Gasteiger partial charge in [-0.3, -0.25) is 5.41 Å². The Morgan fingerprint density at radius 2 is 2.05 bits per heavy atom. The van der Waals surface area contributed by atoms with Gasteiger partial charge >= 0.3 is 0 Å². The molecule has 6 heteroatoms. The van der Waals surface area contributed by atoms with E-state index < -0.39 is 5.82 Å². The predicted molar refractivity (Wildman–Crippen MR) is 79.8 cm³/mol. The lowest BCUT2D eigenvalue weighted by Crippen LogP contribution is -2.11. The van der Waals surface area contributed by atoms with Gasteiger partial charge in [-0.15, -0.1) is 0 Å². The van der Waals surface area contributed by atoms with Crippen molar-refractivity contribution in [1.29, 1.82) is 5.41 Å². The fraction of sp³-hybridized carbons (Fsp3) is 0.133. The summed E-state index contributed by atoms with van der Waals surface area (Å²) in [5.74, 6) is 0.350. The zero-order chi connectivity index (χ0) is 15.4. The molecule has 4 nitrogen and oxygen atoms in total. The first-order valence-corrected chi connectivity index (χ1v) is 6.49. The molecule has 0 aliphatic heterocycles. The molecule has 0 aliphatic carbocycles. The van der Waals surface area contributed by atoms with Crippen LogP contribution < -0.4 is 15.2 Å². The third-order valence-corrected chi connectivity index (χ3v) is 3.31. The number of hydrogen-bond acceptors (Lipinski definition) is 3. The van der Waals surface area contributed by atoms with Gasteiger partial charge in [0.2, 0.25) is 0 Å². The van der Waals surface area contributed by atoms with E-state index >= 15 is 0 Å². The van der Waals surface area contributed by atoms with E-state index in [9.17, 15) is 4.39 Å². The number of amidine groups is 1. The van der Waals surface area contributed by atoms with Crippen LogP contribution in [0.15, 0.2) is 36.4 Å². The van der Waals surface area contributed by atoms with Crippen molar-refractivity contribution in [1.82, 2.24) is 0 Å². The van der Waals surface area contributed by atoms with Crippen LogP contribution >= 0.6 is 11.6 Å². The van der Waals surface area contributed by atoms with Gasteiger partial charge in [0, 0.05) is 11.1 Å². The predicted octanol–water partition coefficient (Wildman–Crippen LogP) is 3.35. The number of rotatable bonds is 5. The topological polar surface area (TPSA) is 68.3 Å². The molecule has 110 valence electrons. The Bertz CT molecular complexity index is 677. The van der Waals surface area contributed by atoms with Crippen molar-refractivity contribution in [2.24, 2.45) is 5.73 Å². The lowest BCUT2D eigenvalue weighted by Gasteiger charge is -2.12. The van der Waals surface area contributed by atoms with Crippen LogP contribution in [0, 0.1) is 11.2 Å². The van der Waals surface area contributed by atoms with Gasteiger partial charge in [0.1, 0.15) is 18.3 Å². The summed E-state index contributed by atoms with van der Waals surface area (Å²) in [6.07, 6.45) is 0. The standard InChI is InChI=1S/C15H14ClFN2O2/c1-20-13-7-9(15(18)19)5-6-12(13)21-8-10-3-2-4-11(17)14(10)16/h2-7H,8H2,1H3,(H3,18,19). The molecule has 0 bridgehead atoms.